The Morgan fingerprint density at radius 2 is 1.72 bits per heavy atom. The van der Waals surface area contributed by atoms with E-state index in [1.165, 1.54) is 12.1 Å². The van der Waals surface area contributed by atoms with E-state index in [-0.39, 0.29) is 49.8 Å². The Morgan fingerprint density at radius 3 is 2.42 bits per heavy atom. The third kappa shape index (κ3) is 8.92. The average molecular weight is 497 g/mol. The molecule has 3 N–H and O–H groups in total. The van der Waals surface area contributed by atoms with Crippen LogP contribution in [0.15, 0.2) is 66.7 Å². The van der Waals surface area contributed by atoms with Gasteiger partial charge < -0.3 is 20.5 Å². The Labute approximate surface area is 210 Å². The van der Waals surface area contributed by atoms with Crippen LogP contribution in [0.1, 0.15) is 30.4 Å². The first kappa shape index (κ1) is 27.1. The summed E-state index contributed by atoms with van der Waals surface area (Å²) < 4.78 is 18.6. The third-order valence-electron chi connectivity index (χ3n) is 6.10. The maximum atomic E-state index is 13.2. The van der Waals surface area contributed by atoms with Gasteiger partial charge in [-0.25, -0.2) is 4.39 Å². The highest BCUT2D eigenvalue weighted by atomic mass is 19.1. The number of amides is 2. The van der Waals surface area contributed by atoms with Crippen LogP contribution >= 0.6 is 0 Å². The summed E-state index contributed by atoms with van der Waals surface area (Å²) in [6, 6.07) is 15.1. The number of carbonyl (C=O) groups excluding carboxylic acids is 3. The van der Waals surface area contributed by atoms with Crippen LogP contribution in [0.2, 0.25) is 0 Å². The number of halogens is 1. The third-order valence-corrected chi connectivity index (χ3v) is 6.10. The van der Waals surface area contributed by atoms with Gasteiger partial charge in [-0.3, -0.25) is 14.4 Å². The number of hydrogen-bond donors (Lipinski definition) is 3. The SMILES string of the molecule is O=C(C[C@@H]1C/C=C\C[C@H](Cc2ccc(F)cc2)C(=O)OCCNC1=O)N[C@H](CO)Cc1ccccc1. The Bertz CT molecular complexity index is 1030. The van der Waals surface area contributed by atoms with Gasteiger partial charge in [-0.1, -0.05) is 54.6 Å². The normalized spacial score (nSPS) is 20.7. The topological polar surface area (TPSA) is 105 Å². The van der Waals surface area contributed by atoms with Crippen LogP contribution in [0.5, 0.6) is 0 Å². The van der Waals surface area contributed by atoms with E-state index < -0.39 is 17.9 Å². The number of benzene rings is 2. The first-order chi connectivity index (χ1) is 17.4. The van der Waals surface area contributed by atoms with Gasteiger partial charge in [0, 0.05) is 6.42 Å². The Kier molecular flexibility index (Phi) is 10.6. The van der Waals surface area contributed by atoms with Gasteiger partial charge >= 0.3 is 5.97 Å². The number of rotatable bonds is 8. The molecule has 0 bridgehead atoms. The second-order valence-electron chi connectivity index (χ2n) is 8.97. The van der Waals surface area contributed by atoms with Crippen LogP contribution in [0, 0.1) is 17.7 Å². The lowest BCUT2D eigenvalue weighted by Gasteiger charge is -2.20. The van der Waals surface area contributed by atoms with Gasteiger partial charge in [0.2, 0.25) is 11.8 Å². The summed E-state index contributed by atoms with van der Waals surface area (Å²) in [4.78, 5) is 37.9. The van der Waals surface area contributed by atoms with Crippen LogP contribution in [-0.2, 0) is 32.0 Å². The molecule has 0 aromatic heterocycles. The first-order valence-electron chi connectivity index (χ1n) is 12.2. The van der Waals surface area contributed by atoms with Gasteiger partial charge in [0.15, 0.2) is 0 Å². The van der Waals surface area contributed by atoms with Crippen molar-refractivity contribution in [2.24, 2.45) is 11.8 Å². The van der Waals surface area contributed by atoms with Crippen molar-refractivity contribution in [3.8, 4) is 0 Å². The van der Waals surface area contributed by atoms with E-state index in [9.17, 15) is 23.9 Å². The summed E-state index contributed by atoms with van der Waals surface area (Å²) in [7, 11) is 0. The molecule has 2 amide bonds. The maximum Gasteiger partial charge on any atom is 0.309 e. The van der Waals surface area contributed by atoms with Gasteiger partial charge in [-0.2, -0.15) is 0 Å². The summed E-state index contributed by atoms with van der Waals surface area (Å²) >= 11 is 0. The molecule has 1 heterocycles. The molecule has 0 spiro atoms. The van der Waals surface area contributed by atoms with Crippen molar-refractivity contribution in [2.45, 2.75) is 38.1 Å². The molecule has 0 saturated carbocycles. The van der Waals surface area contributed by atoms with Gasteiger partial charge in [-0.15, -0.1) is 0 Å². The zero-order valence-corrected chi connectivity index (χ0v) is 20.2. The monoisotopic (exact) mass is 496 g/mol. The predicted molar refractivity (Wildman–Crippen MR) is 133 cm³/mol. The predicted octanol–water partition coefficient (Wildman–Crippen LogP) is 2.72. The van der Waals surface area contributed by atoms with Crippen LogP contribution in [0.4, 0.5) is 4.39 Å². The standard InChI is InChI=1S/C28H33FN2O5/c29-24-12-10-21(11-13-24)16-23-9-5-4-8-22(27(34)30-14-15-36-28(23)35)18-26(33)31-25(19-32)17-20-6-2-1-3-7-20/h1-7,10-13,22-23,25,32H,8-9,14-19H2,(H,30,34)(H,31,33)/b5-4-/t22-,23+,25-/m0/s1. The Balaban J connectivity index is 1.59. The van der Waals surface area contributed by atoms with Crippen LogP contribution in [0.25, 0.3) is 0 Å². The minimum atomic E-state index is -0.594. The van der Waals surface area contributed by atoms with E-state index in [4.69, 9.17) is 4.74 Å². The van der Waals surface area contributed by atoms with Crippen molar-refractivity contribution in [3.05, 3.63) is 83.7 Å². The van der Waals surface area contributed by atoms with E-state index in [0.29, 0.717) is 25.7 Å². The molecule has 0 radical (unpaired) electrons. The largest absolute Gasteiger partial charge is 0.464 e. The van der Waals surface area contributed by atoms with Crippen molar-refractivity contribution in [1.82, 2.24) is 10.6 Å². The fourth-order valence-corrected chi connectivity index (χ4v) is 4.13. The summed E-state index contributed by atoms with van der Waals surface area (Å²) in [5.74, 6) is -2.35. The highest BCUT2D eigenvalue weighted by molar-refractivity contribution is 5.86. The number of ether oxygens (including phenoxy) is 1. The smallest absolute Gasteiger partial charge is 0.309 e. The lowest BCUT2D eigenvalue weighted by molar-refractivity contribution is -0.148. The van der Waals surface area contributed by atoms with Gasteiger partial charge in [0.05, 0.1) is 31.0 Å². The summed E-state index contributed by atoms with van der Waals surface area (Å²) in [5.41, 5.74) is 1.82. The van der Waals surface area contributed by atoms with Crippen molar-refractivity contribution in [1.29, 1.82) is 0 Å². The van der Waals surface area contributed by atoms with E-state index in [1.54, 1.807) is 18.2 Å². The average Bonchev–Trinajstić information content (AvgIpc) is 2.88. The number of aliphatic hydroxyl groups is 1. The van der Waals surface area contributed by atoms with Gasteiger partial charge in [0.1, 0.15) is 12.4 Å². The molecule has 3 atom stereocenters. The zero-order chi connectivity index (χ0) is 25.8. The van der Waals surface area contributed by atoms with Gasteiger partial charge in [0.25, 0.3) is 0 Å². The van der Waals surface area contributed by atoms with E-state index in [1.807, 2.05) is 36.4 Å². The Hall–Kier alpha value is -3.52. The second kappa shape index (κ2) is 14.1. The molecule has 0 unspecified atom stereocenters. The lowest BCUT2D eigenvalue weighted by atomic mass is 9.94. The molecule has 0 saturated heterocycles. The van der Waals surface area contributed by atoms with Crippen molar-refractivity contribution >= 4 is 17.8 Å². The minimum absolute atomic E-state index is 0.0246. The zero-order valence-electron chi connectivity index (χ0n) is 20.2. The highest BCUT2D eigenvalue weighted by Gasteiger charge is 2.24. The molecular weight excluding hydrogens is 463 g/mol. The van der Waals surface area contributed by atoms with Crippen LogP contribution in [0.3, 0.4) is 0 Å². The van der Waals surface area contributed by atoms with E-state index in [0.717, 1.165) is 11.1 Å². The minimum Gasteiger partial charge on any atom is -0.464 e. The van der Waals surface area contributed by atoms with Crippen LogP contribution < -0.4 is 10.6 Å². The van der Waals surface area contributed by atoms with Gasteiger partial charge in [-0.05, 0) is 48.9 Å². The molecule has 0 fully saturated rings. The fraction of sp³-hybridized carbons (Fsp3) is 0.393. The lowest BCUT2D eigenvalue weighted by Crippen LogP contribution is -2.42. The number of nitrogens with one attached hydrogen (secondary N) is 2. The van der Waals surface area contributed by atoms with Crippen molar-refractivity contribution < 1.29 is 28.6 Å². The molecule has 1 aliphatic heterocycles. The van der Waals surface area contributed by atoms with Crippen molar-refractivity contribution in [2.75, 3.05) is 19.8 Å². The maximum absolute atomic E-state index is 13.2. The quantitative estimate of drug-likeness (QED) is 0.385. The summed E-state index contributed by atoms with van der Waals surface area (Å²) in [5, 5.41) is 15.3. The number of esters is 1. The number of allylic oxidation sites excluding steroid dienone is 2. The number of cyclic esters (lactones) is 1. The molecule has 1 aliphatic rings. The Morgan fingerprint density at radius 1 is 1.03 bits per heavy atom. The number of aliphatic hydroxyl groups excluding tert-OH is 1. The van der Waals surface area contributed by atoms with Crippen LogP contribution in [-0.4, -0.2) is 48.7 Å². The molecular formula is C28H33FN2O5. The fourth-order valence-electron chi connectivity index (χ4n) is 4.13. The summed E-state index contributed by atoms with van der Waals surface area (Å²) in [6.45, 7) is -0.0437. The van der Waals surface area contributed by atoms with E-state index in [2.05, 4.69) is 10.6 Å². The molecule has 8 heteroatoms. The number of carbonyl (C=O) groups is 3. The molecule has 192 valence electrons. The second-order valence-corrected chi connectivity index (χ2v) is 8.97. The molecule has 7 nitrogen and oxygen atoms in total. The van der Waals surface area contributed by atoms with E-state index >= 15 is 0 Å². The summed E-state index contributed by atoms with van der Waals surface area (Å²) in [6.07, 6.45) is 5.23. The molecule has 2 aromatic carbocycles. The molecule has 2 aromatic rings. The molecule has 36 heavy (non-hydrogen) atoms. The first-order valence-corrected chi connectivity index (χ1v) is 12.2. The molecule has 0 aliphatic carbocycles. The highest BCUT2D eigenvalue weighted by Crippen LogP contribution is 2.18. The van der Waals surface area contributed by atoms with Crippen molar-refractivity contribution in [3.63, 3.8) is 0 Å². The number of hydrogen-bond acceptors (Lipinski definition) is 5. The molecule has 3 rings (SSSR count).